The summed E-state index contributed by atoms with van der Waals surface area (Å²) in [6, 6.07) is 35.8. The van der Waals surface area contributed by atoms with Gasteiger partial charge in [0.05, 0.1) is 24.8 Å². The first-order valence-electron chi connectivity index (χ1n) is 23.6. The number of carbonyl (C=O) groups is 3. The molecule has 0 spiro atoms. The number of hydrogen-bond donors (Lipinski definition) is 6. The largest absolute Gasteiger partial charge is 0.507 e. The average Bonchev–Trinajstić information content (AvgIpc) is 4.00. The van der Waals surface area contributed by atoms with E-state index in [0.29, 0.717) is 51.6 Å². The minimum atomic E-state index is -0.688. The van der Waals surface area contributed by atoms with Crippen LogP contribution >= 0.6 is 0 Å². The summed E-state index contributed by atoms with van der Waals surface area (Å²) in [5.74, 6) is -0.781. The van der Waals surface area contributed by atoms with Crippen molar-refractivity contribution in [3.8, 4) is 39.3 Å². The molecule has 10 rings (SSSR count). The Morgan fingerprint density at radius 1 is 0.764 bits per heavy atom. The van der Waals surface area contributed by atoms with Gasteiger partial charge in [0.25, 0.3) is 17.4 Å². The van der Waals surface area contributed by atoms with Gasteiger partial charge in [-0.15, -0.1) is 0 Å². The highest BCUT2D eigenvalue weighted by Gasteiger charge is 2.30. The van der Waals surface area contributed by atoms with E-state index in [0.717, 1.165) is 33.4 Å². The lowest BCUT2D eigenvalue weighted by Crippen LogP contribution is -2.35. The Morgan fingerprint density at radius 3 is 2.22 bits per heavy atom. The van der Waals surface area contributed by atoms with E-state index in [2.05, 4.69) is 33.1 Å². The second kappa shape index (κ2) is 20.0. The number of carbonyl (C=O) groups excluding carboxylic acids is 3. The summed E-state index contributed by atoms with van der Waals surface area (Å²) in [6.07, 6.45) is 1.01. The lowest BCUT2D eigenvalue weighted by atomic mass is 9.89. The van der Waals surface area contributed by atoms with Crippen molar-refractivity contribution in [2.75, 3.05) is 19.8 Å². The molecule has 1 fully saturated rings. The summed E-state index contributed by atoms with van der Waals surface area (Å²) in [6.45, 7) is 1.94. The van der Waals surface area contributed by atoms with Gasteiger partial charge >= 0.3 is 11.8 Å². The number of rotatable bonds is 14. The number of aromatic nitrogens is 2. The molecule has 1 aromatic heterocycles. The maximum absolute atomic E-state index is 13.8. The lowest BCUT2D eigenvalue weighted by Gasteiger charge is -2.19. The number of nitrogens with one attached hydrogen (secondary N) is 4. The van der Waals surface area contributed by atoms with Crippen LogP contribution in [0.25, 0.3) is 44.5 Å². The molecule has 6 aromatic rings. The van der Waals surface area contributed by atoms with Crippen LogP contribution in [0.4, 0.5) is 4.79 Å². The third-order valence-corrected chi connectivity index (χ3v) is 13.5. The minimum Gasteiger partial charge on any atom is -0.507 e. The Bertz CT molecular complexity index is 3520. The van der Waals surface area contributed by atoms with Crippen molar-refractivity contribution in [1.29, 1.82) is 0 Å². The Kier molecular flexibility index (Phi) is 13.1. The van der Waals surface area contributed by atoms with Crippen molar-refractivity contribution in [1.82, 2.24) is 25.5 Å². The number of H-pyrrole nitrogens is 1. The number of aryl methyl sites for hydroxylation is 1. The van der Waals surface area contributed by atoms with Gasteiger partial charge in [-0.05, 0) is 114 Å². The van der Waals surface area contributed by atoms with E-state index >= 15 is 0 Å². The highest BCUT2D eigenvalue weighted by Crippen LogP contribution is 2.46. The van der Waals surface area contributed by atoms with Gasteiger partial charge in [-0.25, -0.2) is 9.59 Å². The van der Waals surface area contributed by atoms with Crippen LogP contribution in [0.1, 0.15) is 79.1 Å². The molecule has 0 unspecified atom stereocenters. The number of aliphatic hydroxyl groups is 1. The molecule has 5 aromatic carbocycles. The highest BCUT2D eigenvalue weighted by atomic mass is 16.5. The SMILES string of the molecule is Cc1ccc(C(=O)NCc2ccc(C(=O)NCCc3cn([C@H]4CC[C@@H](CO)O4)c(=O)[nH]c3=O)cc2)cc1-c1c2ccc(=O)cc-2oc2c(CNC(=O)OCC3c4ccccc4-c4ccccc43)c(O)ccc12. The highest BCUT2D eigenvalue weighted by molar-refractivity contribution is 6.05. The Balaban J connectivity index is 0.812. The topological polar surface area (TPSA) is 231 Å². The summed E-state index contributed by atoms with van der Waals surface area (Å²) in [5.41, 5.74) is 7.88. The van der Waals surface area contributed by atoms with Gasteiger partial charge in [-0.1, -0.05) is 66.7 Å². The summed E-state index contributed by atoms with van der Waals surface area (Å²) in [5, 5.41) is 29.7. The summed E-state index contributed by atoms with van der Waals surface area (Å²) in [7, 11) is 0. The first kappa shape index (κ1) is 47.1. The monoisotopic (exact) mass is 967 g/mol. The van der Waals surface area contributed by atoms with Crippen LogP contribution in [-0.4, -0.2) is 63.5 Å². The zero-order valence-electron chi connectivity index (χ0n) is 39.0. The number of aliphatic hydroxyl groups excluding tert-OH is 1. The van der Waals surface area contributed by atoms with E-state index in [1.807, 2.05) is 49.4 Å². The summed E-state index contributed by atoms with van der Waals surface area (Å²) in [4.78, 5) is 80.1. The Morgan fingerprint density at radius 2 is 1.49 bits per heavy atom. The van der Waals surface area contributed by atoms with Crippen molar-refractivity contribution < 1.29 is 38.5 Å². The van der Waals surface area contributed by atoms with E-state index in [1.165, 1.54) is 29.0 Å². The van der Waals surface area contributed by atoms with Crippen LogP contribution in [-0.2, 0) is 29.0 Å². The van der Waals surface area contributed by atoms with Gasteiger partial charge in [-0.2, -0.15) is 0 Å². The molecule has 2 atom stereocenters. The maximum atomic E-state index is 13.8. The van der Waals surface area contributed by atoms with E-state index in [9.17, 15) is 39.0 Å². The number of ether oxygens (including phenoxy) is 2. The van der Waals surface area contributed by atoms with Crippen LogP contribution in [0.5, 0.6) is 5.75 Å². The van der Waals surface area contributed by atoms with E-state index in [1.54, 1.807) is 48.5 Å². The van der Waals surface area contributed by atoms with Crippen LogP contribution in [0.3, 0.4) is 0 Å². The van der Waals surface area contributed by atoms with Crippen molar-refractivity contribution in [2.45, 2.75) is 57.5 Å². The third-order valence-electron chi connectivity index (χ3n) is 13.5. The van der Waals surface area contributed by atoms with Crippen LogP contribution < -0.4 is 32.6 Å². The smallest absolute Gasteiger partial charge is 0.407 e. The standard InChI is InChI=1S/C56H49N5O11/c1-31-10-13-34(53(66)58-26-32-11-14-33(15-12-32)52(65)57-23-22-35-28-61(55(68)60-54(35)67)49-21-17-37(29-62)71-49)24-44(31)50-42-18-16-36(63)25-48(42)72-51-43(50)19-20-47(64)45(51)27-59-56(69)70-30-46-40-8-4-2-6-38(40)39-7-3-5-9-41(39)46/h2-16,18-20,24-25,28,37,46,49,62,64H,17,21-23,26-27,29-30H2,1H3,(H,57,65)(H,58,66)(H,59,69)(H,60,67,68)/t37-,49+/m0/s1. The second-order valence-corrected chi connectivity index (χ2v) is 18.0. The molecule has 6 N–H and O–H groups in total. The molecule has 16 nitrogen and oxygen atoms in total. The number of benzene rings is 6. The number of phenolic OH excluding ortho intramolecular Hbond substituents is 1. The van der Waals surface area contributed by atoms with Crippen molar-refractivity contribution in [3.05, 3.63) is 203 Å². The fraction of sp³-hybridized carbons (Fsp3) is 0.214. The number of hydrogen-bond acceptors (Lipinski definition) is 11. The molecule has 3 heterocycles. The first-order chi connectivity index (χ1) is 34.9. The van der Waals surface area contributed by atoms with Gasteiger partial charge in [0, 0.05) is 64.5 Å². The molecule has 1 saturated heterocycles. The molecule has 0 bridgehead atoms. The maximum Gasteiger partial charge on any atom is 0.407 e. The van der Waals surface area contributed by atoms with Gasteiger partial charge in [0.2, 0.25) is 0 Å². The fourth-order valence-electron chi connectivity index (χ4n) is 9.70. The predicted molar refractivity (Wildman–Crippen MR) is 268 cm³/mol. The van der Waals surface area contributed by atoms with E-state index in [-0.39, 0.29) is 91.2 Å². The lowest BCUT2D eigenvalue weighted by molar-refractivity contribution is -0.0247. The van der Waals surface area contributed by atoms with Crippen LogP contribution in [0, 0.1) is 6.92 Å². The average molecular weight is 968 g/mol. The first-order valence-corrected chi connectivity index (χ1v) is 23.6. The Labute approximate surface area is 411 Å². The number of phenols is 1. The third kappa shape index (κ3) is 9.40. The molecule has 72 heavy (non-hydrogen) atoms. The normalized spacial score (nSPS) is 15.0. The quantitative estimate of drug-likeness (QED) is 0.0606. The van der Waals surface area contributed by atoms with Crippen molar-refractivity contribution in [2.24, 2.45) is 0 Å². The van der Waals surface area contributed by atoms with Gasteiger partial charge in [0.15, 0.2) is 5.43 Å². The van der Waals surface area contributed by atoms with Crippen LogP contribution in [0.2, 0.25) is 0 Å². The molecular formula is C56H49N5O11. The van der Waals surface area contributed by atoms with E-state index in [4.69, 9.17) is 13.9 Å². The number of fused-ring (bicyclic) bond motifs is 5. The summed E-state index contributed by atoms with van der Waals surface area (Å²) >= 11 is 0. The number of aromatic hydroxyl groups is 1. The van der Waals surface area contributed by atoms with Crippen molar-refractivity contribution >= 4 is 28.9 Å². The molecule has 3 amide bonds. The van der Waals surface area contributed by atoms with E-state index < -0.39 is 23.6 Å². The molecule has 2 aliphatic heterocycles. The zero-order valence-corrected chi connectivity index (χ0v) is 39.0. The fourth-order valence-corrected chi connectivity index (χ4v) is 9.70. The van der Waals surface area contributed by atoms with Crippen LogP contribution in [0.15, 0.2) is 146 Å². The number of amides is 3. The van der Waals surface area contributed by atoms with Gasteiger partial charge in [-0.3, -0.25) is 28.7 Å². The molecule has 0 radical (unpaired) electrons. The zero-order chi connectivity index (χ0) is 50.0. The molecular weight excluding hydrogens is 919 g/mol. The molecule has 16 heteroatoms. The number of alkyl carbamates (subject to hydrolysis) is 1. The predicted octanol–water partition coefficient (Wildman–Crippen LogP) is 7.04. The Hall–Kier alpha value is -8.60. The van der Waals surface area contributed by atoms with Gasteiger partial charge < -0.3 is 40.1 Å². The summed E-state index contributed by atoms with van der Waals surface area (Å²) < 4.78 is 19.1. The second-order valence-electron chi connectivity index (χ2n) is 18.0. The molecule has 364 valence electrons. The van der Waals surface area contributed by atoms with Crippen molar-refractivity contribution in [3.63, 3.8) is 0 Å². The molecule has 0 saturated carbocycles. The van der Waals surface area contributed by atoms with Gasteiger partial charge in [0.1, 0.15) is 29.9 Å². The number of aromatic amines is 1. The molecule has 2 aliphatic carbocycles. The molecule has 4 aliphatic rings. The number of nitrogens with zero attached hydrogens (tertiary/aromatic N) is 1. The minimum absolute atomic E-state index is 0.100.